The number of hydrogen-bond acceptors (Lipinski definition) is 4. The van der Waals surface area contributed by atoms with Gasteiger partial charge in [-0.05, 0) is 56.0 Å². The molecule has 0 spiro atoms. The number of aromatic nitrogens is 2. The average molecular weight is 353 g/mol. The molecule has 0 radical (unpaired) electrons. The van der Waals surface area contributed by atoms with Crippen LogP contribution in [0.4, 0.5) is 5.69 Å². The van der Waals surface area contributed by atoms with Gasteiger partial charge >= 0.3 is 5.97 Å². The summed E-state index contributed by atoms with van der Waals surface area (Å²) in [6.45, 7) is 0. The normalized spacial score (nSPS) is 20.2. The van der Waals surface area contributed by atoms with Crippen molar-refractivity contribution in [2.24, 2.45) is 11.8 Å². The predicted octanol–water partition coefficient (Wildman–Crippen LogP) is 3.65. The molecule has 3 aromatic rings. The van der Waals surface area contributed by atoms with Crippen LogP contribution in [0.25, 0.3) is 22.6 Å². The maximum Gasteiger partial charge on any atom is 0.306 e. The SMILES string of the molecule is O=C(O)C1CCC(C(=O)Nc2ccc3nc(-c4ccco4)[nH]c3c2)CC1. The number of rotatable bonds is 4. The Morgan fingerprint density at radius 3 is 2.62 bits per heavy atom. The molecule has 26 heavy (non-hydrogen) atoms. The van der Waals surface area contributed by atoms with Crippen molar-refractivity contribution in [3.8, 4) is 11.6 Å². The van der Waals surface area contributed by atoms with E-state index in [9.17, 15) is 9.59 Å². The van der Waals surface area contributed by atoms with Crippen LogP contribution in [0.15, 0.2) is 41.0 Å². The number of anilines is 1. The second-order valence-corrected chi connectivity index (χ2v) is 6.67. The molecule has 3 N–H and O–H groups in total. The van der Waals surface area contributed by atoms with E-state index in [4.69, 9.17) is 9.52 Å². The first-order valence-electron chi connectivity index (χ1n) is 8.67. The Labute approximate surface area is 149 Å². The van der Waals surface area contributed by atoms with Crippen molar-refractivity contribution >= 4 is 28.6 Å². The van der Waals surface area contributed by atoms with Gasteiger partial charge in [0.05, 0.1) is 23.2 Å². The molecule has 1 aromatic carbocycles. The van der Waals surface area contributed by atoms with Gasteiger partial charge in [-0.25, -0.2) is 4.98 Å². The first-order valence-corrected chi connectivity index (χ1v) is 8.67. The summed E-state index contributed by atoms with van der Waals surface area (Å²) in [5.74, 6) is 0.0180. The van der Waals surface area contributed by atoms with Crippen molar-refractivity contribution in [3.05, 3.63) is 36.6 Å². The van der Waals surface area contributed by atoms with E-state index in [1.54, 1.807) is 12.3 Å². The fourth-order valence-corrected chi connectivity index (χ4v) is 3.46. The van der Waals surface area contributed by atoms with Crippen LogP contribution >= 0.6 is 0 Å². The summed E-state index contributed by atoms with van der Waals surface area (Å²) in [6, 6.07) is 9.13. The Bertz CT molecular complexity index is 937. The molecular formula is C19H19N3O4. The number of carbonyl (C=O) groups is 2. The third kappa shape index (κ3) is 3.20. The third-order valence-corrected chi connectivity index (χ3v) is 4.95. The number of nitrogens with one attached hydrogen (secondary N) is 2. The van der Waals surface area contributed by atoms with E-state index in [2.05, 4.69) is 15.3 Å². The number of fused-ring (bicyclic) bond motifs is 1. The molecule has 1 saturated carbocycles. The van der Waals surface area contributed by atoms with Gasteiger partial charge in [0, 0.05) is 11.6 Å². The molecule has 0 atom stereocenters. The monoisotopic (exact) mass is 353 g/mol. The fourth-order valence-electron chi connectivity index (χ4n) is 3.46. The van der Waals surface area contributed by atoms with Gasteiger partial charge in [0.25, 0.3) is 0 Å². The topological polar surface area (TPSA) is 108 Å². The van der Waals surface area contributed by atoms with Crippen LogP contribution in [0.1, 0.15) is 25.7 Å². The number of nitrogens with zero attached hydrogens (tertiary/aromatic N) is 1. The van der Waals surface area contributed by atoms with Crippen LogP contribution in [0.2, 0.25) is 0 Å². The van der Waals surface area contributed by atoms with Crippen LogP contribution in [-0.4, -0.2) is 27.0 Å². The minimum Gasteiger partial charge on any atom is -0.481 e. The smallest absolute Gasteiger partial charge is 0.306 e. The number of aromatic amines is 1. The number of carbonyl (C=O) groups excluding carboxylic acids is 1. The van der Waals surface area contributed by atoms with E-state index in [0.717, 1.165) is 11.0 Å². The van der Waals surface area contributed by atoms with Crippen molar-refractivity contribution in [1.29, 1.82) is 0 Å². The quantitative estimate of drug-likeness (QED) is 0.663. The number of aliphatic carboxylic acids is 1. The molecule has 0 bridgehead atoms. The molecule has 2 heterocycles. The average Bonchev–Trinajstić information content (AvgIpc) is 3.30. The van der Waals surface area contributed by atoms with Crippen molar-refractivity contribution in [3.63, 3.8) is 0 Å². The first-order chi connectivity index (χ1) is 12.6. The summed E-state index contributed by atoms with van der Waals surface area (Å²) in [6.07, 6.45) is 3.92. The van der Waals surface area contributed by atoms with Crippen molar-refractivity contribution in [1.82, 2.24) is 9.97 Å². The highest BCUT2D eigenvalue weighted by molar-refractivity contribution is 5.95. The summed E-state index contributed by atoms with van der Waals surface area (Å²) in [5, 5.41) is 12.0. The molecule has 2 aromatic heterocycles. The fraction of sp³-hybridized carbons (Fsp3) is 0.316. The van der Waals surface area contributed by atoms with Crippen molar-refractivity contribution in [2.45, 2.75) is 25.7 Å². The maximum absolute atomic E-state index is 12.5. The zero-order valence-corrected chi connectivity index (χ0v) is 14.1. The zero-order valence-electron chi connectivity index (χ0n) is 14.1. The Balaban J connectivity index is 1.45. The van der Waals surface area contributed by atoms with Crippen LogP contribution < -0.4 is 5.32 Å². The molecule has 134 valence electrons. The lowest BCUT2D eigenvalue weighted by Crippen LogP contribution is -2.29. The van der Waals surface area contributed by atoms with Gasteiger partial charge in [0.2, 0.25) is 5.91 Å². The van der Waals surface area contributed by atoms with Gasteiger partial charge in [-0.1, -0.05) is 0 Å². The molecule has 7 nitrogen and oxygen atoms in total. The Kier molecular flexibility index (Phi) is 4.20. The van der Waals surface area contributed by atoms with Gasteiger partial charge < -0.3 is 19.8 Å². The highest BCUT2D eigenvalue weighted by atomic mass is 16.4. The highest BCUT2D eigenvalue weighted by Gasteiger charge is 2.29. The minimum absolute atomic E-state index is 0.0565. The Hall–Kier alpha value is -3.09. The van der Waals surface area contributed by atoms with E-state index in [1.165, 1.54) is 0 Å². The van der Waals surface area contributed by atoms with Gasteiger partial charge in [-0.15, -0.1) is 0 Å². The van der Waals surface area contributed by atoms with Gasteiger partial charge in [0.15, 0.2) is 11.6 Å². The second-order valence-electron chi connectivity index (χ2n) is 6.67. The van der Waals surface area contributed by atoms with Gasteiger partial charge in [-0.3, -0.25) is 9.59 Å². The van der Waals surface area contributed by atoms with Gasteiger partial charge in [0.1, 0.15) is 0 Å². The lowest BCUT2D eigenvalue weighted by Gasteiger charge is -2.25. The molecule has 4 rings (SSSR count). The molecular weight excluding hydrogens is 334 g/mol. The van der Waals surface area contributed by atoms with Crippen LogP contribution in [0.3, 0.4) is 0 Å². The standard InChI is InChI=1S/C19H19N3O4/c23-18(11-3-5-12(6-4-11)19(24)25)20-13-7-8-14-15(10-13)22-17(21-14)16-2-1-9-26-16/h1-2,7-12H,3-6H2,(H,20,23)(H,21,22)(H,24,25). The summed E-state index contributed by atoms with van der Waals surface area (Å²) < 4.78 is 5.34. The molecule has 0 unspecified atom stereocenters. The zero-order chi connectivity index (χ0) is 18.1. The summed E-state index contributed by atoms with van der Waals surface area (Å²) in [7, 11) is 0. The number of imidazole rings is 1. The molecule has 1 fully saturated rings. The number of furan rings is 1. The van der Waals surface area contributed by atoms with E-state index in [0.29, 0.717) is 43.0 Å². The number of benzene rings is 1. The third-order valence-electron chi connectivity index (χ3n) is 4.95. The van der Waals surface area contributed by atoms with Crippen LogP contribution in [0, 0.1) is 11.8 Å². The minimum atomic E-state index is -0.763. The number of amides is 1. The lowest BCUT2D eigenvalue weighted by molar-refractivity contribution is -0.143. The first kappa shape index (κ1) is 16.4. The van der Waals surface area contributed by atoms with E-state index < -0.39 is 5.97 Å². The Morgan fingerprint density at radius 2 is 1.92 bits per heavy atom. The van der Waals surface area contributed by atoms with Crippen molar-refractivity contribution < 1.29 is 19.1 Å². The second kappa shape index (κ2) is 6.67. The molecule has 1 aliphatic rings. The van der Waals surface area contributed by atoms with Crippen LogP contribution in [0.5, 0.6) is 0 Å². The predicted molar refractivity (Wildman–Crippen MR) is 95.5 cm³/mol. The summed E-state index contributed by atoms with van der Waals surface area (Å²) in [5.41, 5.74) is 2.29. The summed E-state index contributed by atoms with van der Waals surface area (Å²) >= 11 is 0. The Morgan fingerprint density at radius 1 is 1.15 bits per heavy atom. The van der Waals surface area contributed by atoms with E-state index in [1.807, 2.05) is 24.3 Å². The largest absolute Gasteiger partial charge is 0.481 e. The van der Waals surface area contributed by atoms with E-state index in [-0.39, 0.29) is 17.7 Å². The summed E-state index contributed by atoms with van der Waals surface area (Å²) in [4.78, 5) is 31.2. The molecule has 0 aliphatic heterocycles. The van der Waals surface area contributed by atoms with Crippen LogP contribution in [-0.2, 0) is 9.59 Å². The van der Waals surface area contributed by atoms with Gasteiger partial charge in [-0.2, -0.15) is 0 Å². The molecule has 7 heteroatoms. The highest BCUT2D eigenvalue weighted by Crippen LogP contribution is 2.30. The number of hydrogen-bond donors (Lipinski definition) is 3. The molecule has 1 aliphatic carbocycles. The number of carboxylic acids is 1. The maximum atomic E-state index is 12.5. The molecule has 0 saturated heterocycles. The lowest BCUT2D eigenvalue weighted by atomic mass is 9.81. The number of H-pyrrole nitrogens is 1. The van der Waals surface area contributed by atoms with Crippen molar-refractivity contribution in [2.75, 3.05) is 5.32 Å². The van der Waals surface area contributed by atoms with E-state index >= 15 is 0 Å². The number of carboxylic acid groups (broad SMARTS) is 1. The molecule has 1 amide bonds.